The van der Waals surface area contributed by atoms with Gasteiger partial charge in [0.2, 0.25) is 5.91 Å². The van der Waals surface area contributed by atoms with Crippen molar-refractivity contribution in [1.29, 1.82) is 0 Å². The summed E-state index contributed by atoms with van der Waals surface area (Å²) in [6.07, 6.45) is -3.60. The molecule has 0 atom stereocenters. The highest BCUT2D eigenvalue weighted by Gasteiger charge is 2.31. The van der Waals surface area contributed by atoms with Crippen LogP contribution in [0.15, 0.2) is 52.7 Å². The van der Waals surface area contributed by atoms with E-state index in [0.29, 0.717) is 42.1 Å². The number of hydrogen-bond acceptors (Lipinski definition) is 7. The number of halogens is 3. The van der Waals surface area contributed by atoms with Crippen LogP contribution in [0, 0.1) is 0 Å². The van der Waals surface area contributed by atoms with E-state index >= 15 is 0 Å². The van der Waals surface area contributed by atoms with Gasteiger partial charge in [-0.25, -0.2) is 14.5 Å². The molecule has 0 spiro atoms. The smallest absolute Gasteiger partial charge is 0.382 e. The Morgan fingerprint density at radius 3 is 2.60 bits per heavy atom. The SMILES string of the molecule is C=Nn1c(CN2CCNC(=O)C2)c(COC)c(-c2ccc(NC(=O)Nc3cc(C(F)(F)F)ccn3)cc2)c1C(N)=NC. The fourth-order valence-electron chi connectivity index (χ4n) is 4.64. The van der Waals surface area contributed by atoms with E-state index in [1.54, 1.807) is 43.1 Å². The Kier molecular flexibility index (Phi) is 9.22. The molecule has 5 N–H and O–H groups in total. The van der Waals surface area contributed by atoms with Crippen LogP contribution in [0.4, 0.5) is 29.5 Å². The van der Waals surface area contributed by atoms with Crippen LogP contribution in [0.2, 0.25) is 0 Å². The van der Waals surface area contributed by atoms with E-state index in [1.807, 2.05) is 4.90 Å². The maximum absolute atomic E-state index is 13.0. The van der Waals surface area contributed by atoms with E-state index in [1.165, 1.54) is 0 Å². The Morgan fingerprint density at radius 1 is 1.24 bits per heavy atom. The summed E-state index contributed by atoms with van der Waals surface area (Å²) in [7, 11) is 3.11. The molecule has 15 heteroatoms. The summed E-state index contributed by atoms with van der Waals surface area (Å²) < 4.78 is 46.1. The number of ether oxygens (including phenoxy) is 1. The van der Waals surface area contributed by atoms with Crippen LogP contribution in [0.25, 0.3) is 11.1 Å². The number of carbonyl (C=O) groups is 2. The molecule has 1 fully saturated rings. The summed E-state index contributed by atoms with van der Waals surface area (Å²) in [5.74, 6) is -0.128. The standard InChI is InChI=1S/C27H30F3N9O3/c1-32-25(31)24-23(19(15-42-3)20(39(24)33-2)13-38-11-10-35-22(40)14-38)16-4-6-18(7-5-16)36-26(41)37-21-12-17(8-9-34-21)27(28,29)30/h4-9,12H,2,10-11,13-15H2,1,3H3,(H2,31,32)(H,35,40)(H2,34,36,37,41). The second-order valence-electron chi connectivity index (χ2n) is 9.29. The molecular weight excluding hydrogens is 555 g/mol. The van der Waals surface area contributed by atoms with Gasteiger partial charge in [-0.1, -0.05) is 12.1 Å². The number of aliphatic imine (C=N–C) groups is 1. The molecule has 0 aliphatic carbocycles. The van der Waals surface area contributed by atoms with Crippen molar-refractivity contribution in [1.82, 2.24) is 19.9 Å². The van der Waals surface area contributed by atoms with Crippen LogP contribution in [-0.4, -0.2) is 72.8 Å². The van der Waals surface area contributed by atoms with Gasteiger partial charge in [0.25, 0.3) is 0 Å². The number of nitrogens with two attached hydrogens (primary N) is 1. The fourth-order valence-corrected chi connectivity index (χ4v) is 4.64. The van der Waals surface area contributed by atoms with Gasteiger partial charge in [0.1, 0.15) is 17.3 Å². The highest BCUT2D eigenvalue weighted by Crippen LogP contribution is 2.35. The molecule has 2 aromatic heterocycles. The number of hydrogen-bond donors (Lipinski definition) is 4. The highest BCUT2D eigenvalue weighted by molar-refractivity contribution is 6.04. The van der Waals surface area contributed by atoms with Crippen molar-refractivity contribution in [3.63, 3.8) is 0 Å². The number of carbonyl (C=O) groups excluding carboxylic acids is 2. The molecule has 1 saturated heterocycles. The lowest BCUT2D eigenvalue weighted by Crippen LogP contribution is -2.47. The Balaban J connectivity index is 1.64. The lowest BCUT2D eigenvalue weighted by Gasteiger charge is -2.27. The molecule has 42 heavy (non-hydrogen) atoms. The number of piperazine rings is 1. The van der Waals surface area contributed by atoms with Gasteiger partial charge in [0, 0.05) is 63.5 Å². The summed E-state index contributed by atoms with van der Waals surface area (Å²) in [6, 6.07) is 7.52. The number of amides is 3. The van der Waals surface area contributed by atoms with Crippen molar-refractivity contribution in [3.8, 4) is 11.1 Å². The van der Waals surface area contributed by atoms with Crippen molar-refractivity contribution < 1.29 is 27.5 Å². The Bertz CT molecular complexity index is 1500. The predicted octanol–water partition coefficient (Wildman–Crippen LogP) is 3.09. The minimum atomic E-state index is -4.57. The van der Waals surface area contributed by atoms with Gasteiger partial charge < -0.3 is 21.1 Å². The second kappa shape index (κ2) is 12.8. The average Bonchev–Trinajstić information content (AvgIpc) is 3.25. The van der Waals surface area contributed by atoms with E-state index in [2.05, 4.69) is 37.7 Å². The largest absolute Gasteiger partial charge is 0.416 e. The number of pyridine rings is 1. The van der Waals surface area contributed by atoms with Crippen LogP contribution in [-0.2, 0) is 28.9 Å². The molecule has 0 bridgehead atoms. The fraction of sp³-hybridized carbons (Fsp3) is 0.296. The van der Waals surface area contributed by atoms with E-state index in [-0.39, 0.29) is 30.7 Å². The number of anilines is 2. The molecule has 1 aliphatic rings. The Morgan fingerprint density at radius 2 is 1.98 bits per heavy atom. The number of aromatic nitrogens is 2. The number of alkyl halides is 3. The summed E-state index contributed by atoms with van der Waals surface area (Å²) in [5, 5.41) is 11.9. The third-order valence-electron chi connectivity index (χ3n) is 6.52. The zero-order chi connectivity index (χ0) is 30.4. The van der Waals surface area contributed by atoms with Gasteiger partial charge in [0.05, 0.1) is 24.4 Å². The lowest BCUT2D eigenvalue weighted by molar-refractivity contribution is -0.137. The minimum Gasteiger partial charge on any atom is -0.382 e. The lowest BCUT2D eigenvalue weighted by atomic mass is 9.99. The van der Waals surface area contributed by atoms with Crippen LogP contribution in [0.3, 0.4) is 0 Å². The van der Waals surface area contributed by atoms with Crippen LogP contribution in [0.1, 0.15) is 22.5 Å². The van der Waals surface area contributed by atoms with Gasteiger partial charge in [0.15, 0.2) is 0 Å². The van der Waals surface area contributed by atoms with Crippen LogP contribution >= 0.6 is 0 Å². The van der Waals surface area contributed by atoms with Gasteiger partial charge in [-0.05, 0) is 29.8 Å². The van der Waals surface area contributed by atoms with Gasteiger partial charge in [-0.2, -0.15) is 18.3 Å². The molecular formula is C27H30F3N9O3. The summed E-state index contributed by atoms with van der Waals surface area (Å²) >= 11 is 0. The van der Waals surface area contributed by atoms with Gasteiger partial charge >= 0.3 is 12.2 Å². The summed E-state index contributed by atoms with van der Waals surface area (Å²) in [6.45, 7) is 5.67. The van der Waals surface area contributed by atoms with Gasteiger partial charge in [-0.3, -0.25) is 20.0 Å². The second-order valence-corrected chi connectivity index (χ2v) is 9.29. The number of nitrogens with one attached hydrogen (secondary N) is 3. The first kappa shape index (κ1) is 30.2. The monoisotopic (exact) mass is 585 g/mol. The number of amidine groups is 1. The number of urea groups is 1. The molecule has 4 rings (SSSR count). The molecule has 0 radical (unpaired) electrons. The number of benzene rings is 1. The average molecular weight is 586 g/mol. The molecule has 12 nitrogen and oxygen atoms in total. The van der Waals surface area contributed by atoms with Crippen LogP contribution in [0.5, 0.6) is 0 Å². The molecule has 0 saturated carbocycles. The maximum atomic E-state index is 13.0. The first-order valence-electron chi connectivity index (χ1n) is 12.7. The quantitative estimate of drug-likeness (QED) is 0.224. The number of nitrogens with zero attached hydrogens (tertiary/aromatic N) is 5. The summed E-state index contributed by atoms with van der Waals surface area (Å²) in [5.41, 5.74) is 9.15. The van der Waals surface area contributed by atoms with E-state index in [9.17, 15) is 22.8 Å². The minimum absolute atomic E-state index is 0.0785. The zero-order valence-corrected chi connectivity index (χ0v) is 23.0. The van der Waals surface area contributed by atoms with Gasteiger partial charge in [-0.15, -0.1) is 0 Å². The topological polar surface area (TPSA) is 151 Å². The number of methoxy groups -OCH3 is 1. The molecule has 3 amide bonds. The molecule has 222 valence electrons. The molecule has 3 aromatic rings. The van der Waals surface area contributed by atoms with Crippen molar-refractivity contribution in [2.45, 2.75) is 19.3 Å². The molecule has 1 aliphatic heterocycles. The maximum Gasteiger partial charge on any atom is 0.416 e. The van der Waals surface area contributed by atoms with E-state index in [0.717, 1.165) is 29.6 Å². The first-order valence-corrected chi connectivity index (χ1v) is 12.7. The molecule has 3 heterocycles. The van der Waals surface area contributed by atoms with Crippen LogP contribution < -0.4 is 21.7 Å². The Hall–Kier alpha value is -4.76. The van der Waals surface area contributed by atoms with Crippen molar-refractivity contribution in [2.75, 3.05) is 44.4 Å². The first-order chi connectivity index (χ1) is 20.0. The normalized spacial score (nSPS) is 14.4. The van der Waals surface area contributed by atoms with Crippen molar-refractivity contribution in [3.05, 3.63) is 65.1 Å². The zero-order valence-electron chi connectivity index (χ0n) is 23.0. The van der Waals surface area contributed by atoms with E-state index < -0.39 is 17.8 Å². The summed E-state index contributed by atoms with van der Waals surface area (Å²) in [4.78, 5) is 34.4. The van der Waals surface area contributed by atoms with Crippen molar-refractivity contribution >= 4 is 36.0 Å². The third kappa shape index (κ3) is 6.75. The Labute approximate surface area is 239 Å². The highest BCUT2D eigenvalue weighted by atomic mass is 19.4. The molecule has 1 aromatic carbocycles. The molecule has 0 unspecified atom stereocenters. The van der Waals surface area contributed by atoms with E-state index in [4.69, 9.17) is 10.5 Å². The predicted molar refractivity (Wildman–Crippen MR) is 152 cm³/mol. The van der Waals surface area contributed by atoms with Crippen molar-refractivity contribution in [2.24, 2.45) is 15.8 Å². The number of rotatable bonds is 9. The third-order valence-corrected chi connectivity index (χ3v) is 6.52.